The Morgan fingerprint density at radius 3 is 3.00 bits per heavy atom. The van der Waals surface area contributed by atoms with Gasteiger partial charge in [0.1, 0.15) is 17.5 Å². The molecule has 0 bridgehead atoms. The molecule has 17 heavy (non-hydrogen) atoms. The van der Waals surface area contributed by atoms with Crippen LogP contribution in [-0.4, -0.2) is 29.2 Å². The molecule has 1 aliphatic heterocycles. The number of nitrogens with zero attached hydrogens (tertiary/aromatic N) is 2. The zero-order valence-corrected chi connectivity index (χ0v) is 10.4. The van der Waals surface area contributed by atoms with Crippen molar-refractivity contribution >= 4 is 11.6 Å². The lowest BCUT2D eigenvalue weighted by atomic mass is 10.2. The minimum Gasteiger partial charge on any atom is -0.384 e. The van der Waals surface area contributed by atoms with Gasteiger partial charge >= 0.3 is 0 Å². The maximum Gasteiger partial charge on any atom is 0.135 e. The number of aromatic nitrogens is 2. The van der Waals surface area contributed by atoms with E-state index >= 15 is 0 Å². The van der Waals surface area contributed by atoms with Crippen LogP contribution in [-0.2, 0) is 4.74 Å². The van der Waals surface area contributed by atoms with Gasteiger partial charge in [0.15, 0.2) is 0 Å². The van der Waals surface area contributed by atoms with Crippen LogP contribution in [0.5, 0.6) is 0 Å². The van der Waals surface area contributed by atoms with Crippen LogP contribution in [0.15, 0.2) is 6.07 Å². The molecule has 1 aromatic rings. The Kier molecular flexibility index (Phi) is 3.78. The highest BCUT2D eigenvalue weighted by molar-refractivity contribution is 5.45. The lowest BCUT2D eigenvalue weighted by Crippen LogP contribution is -2.19. The minimum atomic E-state index is 0.279. The molecule has 3 N–H and O–H groups in total. The fourth-order valence-electron chi connectivity index (χ4n) is 1.86. The van der Waals surface area contributed by atoms with Gasteiger partial charge in [-0.15, -0.1) is 0 Å². The summed E-state index contributed by atoms with van der Waals surface area (Å²) in [7, 11) is 0. The molecule has 2 rings (SSSR count). The zero-order valence-electron chi connectivity index (χ0n) is 10.4. The summed E-state index contributed by atoms with van der Waals surface area (Å²) in [4.78, 5) is 8.64. The summed E-state index contributed by atoms with van der Waals surface area (Å²) in [5.41, 5.74) is 5.76. The van der Waals surface area contributed by atoms with Gasteiger partial charge in [0, 0.05) is 25.1 Å². The summed E-state index contributed by atoms with van der Waals surface area (Å²) in [5, 5.41) is 3.27. The van der Waals surface area contributed by atoms with Crippen molar-refractivity contribution < 1.29 is 4.74 Å². The lowest BCUT2D eigenvalue weighted by Gasteiger charge is -2.13. The van der Waals surface area contributed by atoms with Crippen molar-refractivity contribution in [3.8, 4) is 0 Å². The predicted molar refractivity (Wildman–Crippen MR) is 68.0 cm³/mol. The Morgan fingerprint density at radius 2 is 2.35 bits per heavy atom. The van der Waals surface area contributed by atoms with Crippen LogP contribution in [0.25, 0.3) is 0 Å². The van der Waals surface area contributed by atoms with E-state index in [-0.39, 0.29) is 5.92 Å². The third-order valence-electron chi connectivity index (χ3n) is 2.81. The Hall–Kier alpha value is -1.36. The molecule has 5 nitrogen and oxygen atoms in total. The Labute approximate surface area is 102 Å². The van der Waals surface area contributed by atoms with Gasteiger partial charge < -0.3 is 15.8 Å². The summed E-state index contributed by atoms with van der Waals surface area (Å²) in [6, 6.07) is 1.76. The van der Waals surface area contributed by atoms with Gasteiger partial charge in [0.25, 0.3) is 0 Å². The van der Waals surface area contributed by atoms with E-state index in [2.05, 4.69) is 29.1 Å². The van der Waals surface area contributed by atoms with Crippen LogP contribution in [0.4, 0.5) is 11.6 Å². The average Bonchev–Trinajstić information content (AvgIpc) is 2.78. The SMILES string of the molecule is CC(C)c1nc(N)cc(NCC2CCCO2)n1. The highest BCUT2D eigenvalue weighted by Gasteiger charge is 2.15. The second-order valence-electron chi connectivity index (χ2n) is 4.71. The van der Waals surface area contributed by atoms with Crippen molar-refractivity contribution in [3.63, 3.8) is 0 Å². The first-order chi connectivity index (χ1) is 8.15. The number of rotatable bonds is 4. The fourth-order valence-corrected chi connectivity index (χ4v) is 1.86. The molecule has 1 fully saturated rings. The molecule has 1 atom stereocenters. The summed E-state index contributed by atoms with van der Waals surface area (Å²) in [6.45, 7) is 5.76. The van der Waals surface area contributed by atoms with Crippen LogP contribution >= 0.6 is 0 Å². The van der Waals surface area contributed by atoms with Gasteiger partial charge in [-0.3, -0.25) is 0 Å². The van der Waals surface area contributed by atoms with E-state index in [1.807, 2.05) is 0 Å². The Bertz CT molecular complexity index is 375. The monoisotopic (exact) mass is 236 g/mol. The van der Waals surface area contributed by atoms with E-state index in [9.17, 15) is 0 Å². The largest absolute Gasteiger partial charge is 0.384 e. The summed E-state index contributed by atoms with van der Waals surface area (Å²) in [6.07, 6.45) is 2.56. The molecule has 0 saturated carbocycles. The quantitative estimate of drug-likeness (QED) is 0.833. The Morgan fingerprint density at radius 1 is 1.53 bits per heavy atom. The van der Waals surface area contributed by atoms with E-state index in [1.165, 1.54) is 0 Å². The van der Waals surface area contributed by atoms with Gasteiger partial charge in [0.2, 0.25) is 0 Å². The van der Waals surface area contributed by atoms with Crippen LogP contribution in [0.2, 0.25) is 0 Å². The first kappa shape index (κ1) is 12.1. The standard InChI is InChI=1S/C12H20N4O/c1-8(2)12-15-10(13)6-11(16-12)14-7-9-4-3-5-17-9/h6,8-9H,3-5,7H2,1-2H3,(H3,13,14,15,16). The molecular weight excluding hydrogens is 216 g/mol. The summed E-state index contributed by atoms with van der Waals surface area (Å²) < 4.78 is 5.55. The van der Waals surface area contributed by atoms with Crippen molar-refractivity contribution in [3.05, 3.63) is 11.9 Å². The number of ether oxygens (including phenoxy) is 1. The number of nitrogens with two attached hydrogens (primary N) is 1. The number of hydrogen-bond donors (Lipinski definition) is 2. The molecular formula is C12H20N4O. The topological polar surface area (TPSA) is 73.1 Å². The molecule has 0 spiro atoms. The van der Waals surface area contributed by atoms with Crippen molar-refractivity contribution in [1.29, 1.82) is 0 Å². The predicted octanol–water partition coefficient (Wildman–Crippen LogP) is 1.77. The van der Waals surface area contributed by atoms with Crippen LogP contribution < -0.4 is 11.1 Å². The van der Waals surface area contributed by atoms with Gasteiger partial charge in [-0.05, 0) is 12.8 Å². The Balaban J connectivity index is 1.99. The molecule has 1 saturated heterocycles. The summed E-state index contributed by atoms with van der Waals surface area (Å²) in [5.74, 6) is 2.36. The maximum atomic E-state index is 5.76. The molecule has 0 amide bonds. The van der Waals surface area contributed by atoms with E-state index in [4.69, 9.17) is 10.5 Å². The van der Waals surface area contributed by atoms with Gasteiger partial charge in [-0.1, -0.05) is 13.8 Å². The van der Waals surface area contributed by atoms with Crippen LogP contribution in [0.3, 0.4) is 0 Å². The van der Waals surface area contributed by atoms with Crippen molar-refractivity contribution in [2.75, 3.05) is 24.2 Å². The number of hydrogen-bond acceptors (Lipinski definition) is 5. The minimum absolute atomic E-state index is 0.279. The van der Waals surface area contributed by atoms with E-state index in [0.717, 1.165) is 37.6 Å². The molecule has 1 aromatic heterocycles. The van der Waals surface area contributed by atoms with Crippen molar-refractivity contribution in [1.82, 2.24) is 9.97 Å². The number of nitrogens with one attached hydrogen (secondary N) is 1. The molecule has 2 heterocycles. The third-order valence-corrected chi connectivity index (χ3v) is 2.81. The van der Waals surface area contributed by atoms with Gasteiger partial charge in [-0.2, -0.15) is 0 Å². The van der Waals surface area contributed by atoms with E-state index in [1.54, 1.807) is 6.07 Å². The van der Waals surface area contributed by atoms with Crippen LogP contribution in [0.1, 0.15) is 38.4 Å². The molecule has 94 valence electrons. The van der Waals surface area contributed by atoms with Crippen molar-refractivity contribution in [2.45, 2.75) is 38.7 Å². The highest BCUT2D eigenvalue weighted by Crippen LogP contribution is 2.16. The first-order valence-corrected chi connectivity index (χ1v) is 6.15. The van der Waals surface area contributed by atoms with Crippen molar-refractivity contribution in [2.24, 2.45) is 0 Å². The second-order valence-corrected chi connectivity index (χ2v) is 4.71. The molecule has 0 aromatic carbocycles. The molecule has 5 heteroatoms. The normalized spacial score (nSPS) is 19.8. The molecule has 1 aliphatic rings. The molecule has 0 aliphatic carbocycles. The van der Waals surface area contributed by atoms with Crippen LogP contribution in [0, 0.1) is 0 Å². The second kappa shape index (κ2) is 5.31. The third kappa shape index (κ3) is 3.30. The summed E-state index contributed by atoms with van der Waals surface area (Å²) >= 11 is 0. The average molecular weight is 236 g/mol. The molecule has 0 radical (unpaired) electrons. The smallest absolute Gasteiger partial charge is 0.135 e. The molecule has 1 unspecified atom stereocenters. The number of anilines is 2. The first-order valence-electron chi connectivity index (χ1n) is 6.15. The zero-order chi connectivity index (χ0) is 12.3. The van der Waals surface area contributed by atoms with E-state index < -0.39 is 0 Å². The van der Waals surface area contributed by atoms with Gasteiger partial charge in [-0.25, -0.2) is 9.97 Å². The fraction of sp³-hybridized carbons (Fsp3) is 0.667. The van der Waals surface area contributed by atoms with Gasteiger partial charge in [0.05, 0.1) is 6.10 Å². The lowest BCUT2D eigenvalue weighted by molar-refractivity contribution is 0.120. The highest BCUT2D eigenvalue weighted by atomic mass is 16.5. The number of nitrogen functional groups attached to an aromatic ring is 1. The van der Waals surface area contributed by atoms with E-state index in [0.29, 0.717) is 11.9 Å². The maximum absolute atomic E-state index is 5.76.